The van der Waals surface area contributed by atoms with Crippen LogP contribution in [0.15, 0.2) is 47.8 Å². The second-order valence-electron chi connectivity index (χ2n) is 6.65. The lowest BCUT2D eigenvalue weighted by Crippen LogP contribution is -3.06. The predicted molar refractivity (Wildman–Crippen MR) is 105 cm³/mol. The van der Waals surface area contributed by atoms with Gasteiger partial charge in [-0.3, -0.25) is 4.79 Å². The molecule has 0 fully saturated rings. The maximum atomic E-state index is 12.9. The Balaban J connectivity index is 1.79. The zero-order valence-electron chi connectivity index (χ0n) is 15.6. The molecule has 0 unspecified atom stereocenters. The standard InChI is InChI=1S/C20H24N4OS/c1-14-19(15(2)24(22-14)16-9-6-5-7-10-16)20(25)21-13-17(23(3)4)18-11-8-12-26-18/h5-12,17H,13H2,1-4H3,(H,21,25)/p+1/t17-/m1/s1. The van der Waals surface area contributed by atoms with Crippen molar-refractivity contribution in [1.29, 1.82) is 0 Å². The highest BCUT2D eigenvalue weighted by Crippen LogP contribution is 2.19. The molecule has 3 rings (SSSR count). The van der Waals surface area contributed by atoms with Gasteiger partial charge in [0.1, 0.15) is 6.04 Å². The number of benzene rings is 1. The molecule has 0 spiro atoms. The van der Waals surface area contributed by atoms with E-state index in [1.807, 2.05) is 48.9 Å². The number of amides is 1. The third-order valence-corrected chi connectivity index (χ3v) is 5.56. The highest BCUT2D eigenvalue weighted by molar-refractivity contribution is 7.10. The van der Waals surface area contributed by atoms with Crippen LogP contribution in [0.5, 0.6) is 0 Å². The van der Waals surface area contributed by atoms with Gasteiger partial charge in [-0.15, -0.1) is 11.3 Å². The molecule has 2 N–H and O–H groups in total. The molecule has 5 nitrogen and oxygen atoms in total. The Kier molecular flexibility index (Phi) is 5.54. The van der Waals surface area contributed by atoms with Gasteiger partial charge in [0.15, 0.2) is 0 Å². The molecule has 0 radical (unpaired) electrons. The van der Waals surface area contributed by atoms with Crippen LogP contribution in [-0.2, 0) is 0 Å². The van der Waals surface area contributed by atoms with Crippen LogP contribution >= 0.6 is 11.3 Å². The molecular weight excluding hydrogens is 344 g/mol. The second-order valence-corrected chi connectivity index (χ2v) is 7.63. The molecule has 0 saturated heterocycles. The van der Waals surface area contributed by atoms with Crippen molar-refractivity contribution in [1.82, 2.24) is 15.1 Å². The highest BCUT2D eigenvalue weighted by atomic mass is 32.1. The number of aryl methyl sites for hydroxylation is 1. The predicted octanol–water partition coefficient (Wildman–Crippen LogP) is 2.17. The molecule has 3 aromatic rings. The second kappa shape index (κ2) is 7.85. The Labute approximate surface area is 158 Å². The summed E-state index contributed by atoms with van der Waals surface area (Å²) in [6.07, 6.45) is 0. The molecule has 0 saturated carbocycles. The van der Waals surface area contributed by atoms with Gasteiger partial charge in [-0.1, -0.05) is 24.3 Å². The van der Waals surface area contributed by atoms with E-state index in [0.29, 0.717) is 12.1 Å². The minimum absolute atomic E-state index is 0.0648. The number of likely N-dealkylation sites (N-methyl/N-ethyl adjacent to an activating group) is 1. The number of nitrogens with zero attached hydrogens (tertiary/aromatic N) is 2. The average molecular weight is 370 g/mol. The summed E-state index contributed by atoms with van der Waals surface area (Å²) in [4.78, 5) is 15.4. The highest BCUT2D eigenvalue weighted by Gasteiger charge is 2.23. The van der Waals surface area contributed by atoms with Crippen molar-refractivity contribution in [2.24, 2.45) is 0 Å². The molecule has 1 atom stereocenters. The SMILES string of the molecule is Cc1nn(-c2ccccc2)c(C)c1C(=O)NC[C@H](c1cccs1)[NH+](C)C. The molecule has 1 amide bonds. The number of nitrogens with one attached hydrogen (secondary N) is 2. The summed E-state index contributed by atoms with van der Waals surface area (Å²) in [7, 11) is 4.22. The number of hydrogen-bond acceptors (Lipinski definition) is 3. The Morgan fingerprint density at radius 2 is 1.92 bits per heavy atom. The number of para-hydroxylation sites is 1. The Morgan fingerprint density at radius 3 is 2.54 bits per heavy atom. The minimum atomic E-state index is -0.0648. The van der Waals surface area contributed by atoms with E-state index < -0.39 is 0 Å². The molecule has 0 aliphatic carbocycles. The van der Waals surface area contributed by atoms with Crippen LogP contribution in [0.3, 0.4) is 0 Å². The number of hydrogen-bond donors (Lipinski definition) is 2. The number of carbonyl (C=O) groups excluding carboxylic acids is 1. The van der Waals surface area contributed by atoms with Gasteiger partial charge in [-0.2, -0.15) is 5.10 Å². The summed E-state index contributed by atoms with van der Waals surface area (Å²) >= 11 is 1.73. The van der Waals surface area contributed by atoms with Crippen LogP contribution in [-0.4, -0.2) is 36.3 Å². The molecule has 2 heterocycles. The molecule has 0 bridgehead atoms. The summed E-state index contributed by atoms with van der Waals surface area (Å²) in [6.45, 7) is 4.42. The van der Waals surface area contributed by atoms with Gasteiger partial charge in [0.05, 0.1) is 48.2 Å². The Hall–Kier alpha value is -2.44. The van der Waals surface area contributed by atoms with Crippen molar-refractivity contribution in [3.8, 4) is 5.69 Å². The first kappa shape index (κ1) is 18.4. The first-order chi connectivity index (χ1) is 12.5. The van der Waals surface area contributed by atoms with Crippen molar-refractivity contribution in [3.05, 3.63) is 69.7 Å². The van der Waals surface area contributed by atoms with Crippen LogP contribution in [0.25, 0.3) is 5.69 Å². The zero-order valence-corrected chi connectivity index (χ0v) is 16.4. The smallest absolute Gasteiger partial charge is 0.255 e. The fraction of sp³-hybridized carbons (Fsp3) is 0.300. The third-order valence-electron chi connectivity index (χ3n) is 4.57. The van der Waals surface area contributed by atoms with Gasteiger partial charge < -0.3 is 10.2 Å². The summed E-state index contributed by atoms with van der Waals surface area (Å²) in [6, 6.07) is 14.3. The van der Waals surface area contributed by atoms with Crippen LogP contribution in [0.4, 0.5) is 0 Å². The van der Waals surface area contributed by atoms with E-state index in [1.165, 1.54) is 9.78 Å². The number of aromatic nitrogens is 2. The fourth-order valence-electron chi connectivity index (χ4n) is 3.15. The van der Waals surface area contributed by atoms with E-state index in [2.05, 4.69) is 42.0 Å². The van der Waals surface area contributed by atoms with Gasteiger partial charge in [-0.25, -0.2) is 4.68 Å². The van der Waals surface area contributed by atoms with Gasteiger partial charge in [0, 0.05) is 0 Å². The maximum Gasteiger partial charge on any atom is 0.255 e. The zero-order chi connectivity index (χ0) is 18.7. The van der Waals surface area contributed by atoms with Crippen molar-refractivity contribution >= 4 is 17.2 Å². The van der Waals surface area contributed by atoms with E-state index in [1.54, 1.807) is 11.3 Å². The third kappa shape index (κ3) is 3.71. The van der Waals surface area contributed by atoms with Crippen molar-refractivity contribution < 1.29 is 9.69 Å². The van der Waals surface area contributed by atoms with Gasteiger partial charge >= 0.3 is 0 Å². The fourth-order valence-corrected chi connectivity index (χ4v) is 4.11. The Bertz CT molecular complexity index is 869. The van der Waals surface area contributed by atoms with Crippen LogP contribution < -0.4 is 10.2 Å². The summed E-state index contributed by atoms with van der Waals surface area (Å²) in [5, 5.41) is 9.75. The van der Waals surface area contributed by atoms with Gasteiger partial charge in [0.2, 0.25) is 0 Å². The van der Waals surface area contributed by atoms with E-state index in [4.69, 9.17) is 0 Å². The molecular formula is C20H25N4OS+. The first-order valence-electron chi connectivity index (χ1n) is 8.72. The number of thiophene rings is 1. The van der Waals surface area contributed by atoms with E-state index in [-0.39, 0.29) is 11.9 Å². The molecule has 0 aliphatic rings. The number of rotatable bonds is 6. The topological polar surface area (TPSA) is 51.4 Å². The van der Waals surface area contributed by atoms with Crippen molar-refractivity contribution in [3.63, 3.8) is 0 Å². The molecule has 1 aromatic carbocycles. The van der Waals surface area contributed by atoms with Crippen LogP contribution in [0, 0.1) is 13.8 Å². The Morgan fingerprint density at radius 1 is 1.19 bits per heavy atom. The molecule has 136 valence electrons. The molecule has 2 aromatic heterocycles. The first-order valence-corrected chi connectivity index (χ1v) is 9.60. The maximum absolute atomic E-state index is 12.9. The molecule has 26 heavy (non-hydrogen) atoms. The largest absolute Gasteiger partial charge is 0.346 e. The van der Waals surface area contributed by atoms with Crippen molar-refractivity contribution in [2.75, 3.05) is 20.6 Å². The number of carbonyl (C=O) groups is 1. The summed E-state index contributed by atoms with van der Waals surface area (Å²) < 4.78 is 1.83. The van der Waals surface area contributed by atoms with E-state index >= 15 is 0 Å². The number of quaternary nitrogens is 1. The van der Waals surface area contributed by atoms with Crippen molar-refractivity contribution in [2.45, 2.75) is 19.9 Å². The average Bonchev–Trinajstić information content (AvgIpc) is 3.24. The minimum Gasteiger partial charge on any atom is -0.346 e. The van der Waals surface area contributed by atoms with E-state index in [9.17, 15) is 4.79 Å². The van der Waals surface area contributed by atoms with Gasteiger partial charge in [0.25, 0.3) is 5.91 Å². The summed E-state index contributed by atoms with van der Waals surface area (Å²) in [5.74, 6) is -0.0648. The van der Waals surface area contributed by atoms with E-state index in [0.717, 1.165) is 17.1 Å². The quantitative estimate of drug-likeness (QED) is 0.700. The summed E-state index contributed by atoms with van der Waals surface area (Å²) in [5.41, 5.74) is 3.22. The van der Waals surface area contributed by atoms with Crippen LogP contribution in [0.1, 0.15) is 32.7 Å². The lowest BCUT2D eigenvalue weighted by Gasteiger charge is -2.20. The lowest BCUT2D eigenvalue weighted by molar-refractivity contribution is -0.890. The van der Waals surface area contributed by atoms with Gasteiger partial charge in [-0.05, 0) is 37.4 Å². The van der Waals surface area contributed by atoms with Crippen LogP contribution in [0.2, 0.25) is 0 Å². The molecule has 6 heteroatoms. The molecule has 0 aliphatic heterocycles. The monoisotopic (exact) mass is 369 g/mol. The lowest BCUT2D eigenvalue weighted by atomic mass is 10.1. The normalized spacial score (nSPS) is 12.3.